The number of fused-ring (bicyclic) bond motifs is 8. The van der Waals surface area contributed by atoms with Gasteiger partial charge in [-0.2, -0.15) is 20.4 Å². The van der Waals surface area contributed by atoms with Crippen LogP contribution in [0.2, 0.25) is 0 Å². The number of aromatic nitrogens is 8. The van der Waals surface area contributed by atoms with Crippen molar-refractivity contribution in [1.29, 1.82) is 0 Å². The number of unbranched alkanes of at least 4 members (excludes halogenated alkanes) is 1. The number of hydrogen-bond donors (Lipinski definition) is 4. The second kappa shape index (κ2) is 29.9. The van der Waals surface area contributed by atoms with Crippen LogP contribution in [0.3, 0.4) is 0 Å². The molecule has 106 heavy (non-hydrogen) atoms. The largest absolute Gasteiger partial charge is 0.456 e. The molecule has 0 radical (unpaired) electrons. The molecule has 0 unspecified atom stereocenters. The number of aryl methyl sites for hydroxylation is 2. The van der Waals surface area contributed by atoms with Gasteiger partial charge in [-0.3, -0.25) is 29.0 Å². The first-order chi connectivity index (χ1) is 51.4. The van der Waals surface area contributed by atoms with Crippen LogP contribution in [-0.4, -0.2) is 101 Å². The van der Waals surface area contributed by atoms with Crippen molar-refractivity contribution in [3.8, 4) is 91.0 Å². The quantitative estimate of drug-likeness (QED) is 0.0658. The van der Waals surface area contributed by atoms with Crippen molar-refractivity contribution in [2.24, 2.45) is 17.8 Å². The van der Waals surface area contributed by atoms with E-state index in [4.69, 9.17) is 18.9 Å². The van der Waals surface area contributed by atoms with Gasteiger partial charge in [0.2, 0.25) is 0 Å². The molecule has 20 rings (SSSR count). The molecule has 4 N–H and O–H groups in total. The lowest BCUT2D eigenvalue weighted by Gasteiger charge is -2.37. The number of hydrogen-bond acceptors (Lipinski definition) is 15. The lowest BCUT2D eigenvalue weighted by molar-refractivity contribution is 0.105. The second-order valence-corrected chi connectivity index (χ2v) is 29.9. The Morgan fingerprint density at radius 3 is 1.19 bits per heavy atom. The van der Waals surface area contributed by atoms with Crippen LogP contribution < -0.4 is 41.2 Å². The predicted molar refractivity (Wildman–Crippen MR) is 419 cm³/mol. The smallest absolute Gasteiger partial charge is 0.272 e. The molecule has 7 aliphatic heterocycles. The standard InChI is InChI=1S/C23H25N3O2.C23H24N2O2.C21H19N3O2.C19H17N3O2.CH4/c27-23-17-8-6-9-20-21(17)22(24-25-23)18-15-16(10-11-19(18)28-20)7-2-5-14-26-12-3-1-4-13-26;1-14-5-7-15(8-6-14)9-10-16-11-12-19-18(13-16)22-21-17(23(26)25-24-22)3-2-4-20(21)27-19;1-13-7-9-24(10-8-13)12-14-5-6-17-16(11-14)20-19-15(21(25)23-22-20)3-2-4-18(19)26-17;1-11-8-22(9-11)10-12-5-6-15-14(7-12)18-17-13(19(23)21-20-18)3-2-4-16(17)24-15;/h6,8-11,15H,1-5,7,12-14H2,(H,25,27);2-4,11-15H,5-10H2,1H3,(H,25,26);2-6,11H,1,7-10,12H2,(H,23,25);2-7,11H,8-10H2,1H3,(H,21,23);1H4. The van der Waals surface area contributed by atoms with Crippen molar-refractivity contribution in [3.05, 3.63) is 221 Å². The van der Waals surface area contributed by atoms with Crippen molar-refractivity contribution in [3.63, 3.8) is 0 Å². The van der Waals surface area contributed by atoms with Gasteiger partial charge in [0.25, 0.3) is 22.2 Å². The molecule has 0 amide bonds. The number of H-pyrrole nitrogens is 4. The molecule has 0 bridgehead atoms. The van der Waals surface area contributed by atoms with Crippen molar-refractivity contribution in [1.82, 2.24) is 55.5 Å². The van der Waals surface area contributed by atoms with Crippen LogP contribution in [-0.2, 0) is 25.9 Å². The summed E-state index contributed by atoms with van der Waals surface area (Å²) in [5, 5.41) is 33.6. The first-order valence-corrected chi connectivity index (χ1v) is 37.5. The minimum Gasteiger partial charge on any atom is -0.456 e. The third-order valence-corrected chi connectivity index (χ3v) is 22.3. The van der Waals surface area contributed by atoms with Gasteiger partial charge in [0.05, 0.1) is 43.1 Å². The summed E-state index contributed by atoms with van der Waals surface area (Å²) >= 11 is 0. The number of nitrogens with zero attached hydrogens (tertiary/aromatic N) is 7. The molecule has 8 aromatic carbocycles. The van der Waals surface area contributed by atoms with Crippen LogP contribution in [0.5, 0.6) is 46.0 Å². The Balaban J connectivity index is 0.000000108. The first kappa shape index (κ1) is 69.5. The third kappa shape index (κ3) is 14.1. The molecule has 540 valence electrons. The third-order valence-electron chi connectivity index (χ3n) is 22.3. The summed E-state index contributed by atoms with van der Waals surface area (Å²) in [6.07, 6.45) is 17.5. The number of likely N-dealkylation sites (tertiary alicyclic amines) is 3. The van der Waals surface area contributed by atoms with Gasteiger partial charge in [0.1, 0.15) is 68.8 Å². The Morgan fingerprint density at radius 2 is 0.783 bits per heavy atom. The minimum atomic E-state index is -0.192. The van der Waals surface area contributed by atoms with Crippen LogP contribution >= 0.6 is 0 Å². The van der Waals surface area contributed by atoms with E-state index in [1.54, 1.807) is 0 Å². The van der Waals surface area contributed by atoms with Crippen molar-refractivity contribution in [2.45, 2.75) is 124 Å². The number of rotatable bonds is 12. The molecule has 1 aliphatic carbocycles. The normalized spacial score (nSPS) is 17.3. The minimum absolute atomic E-state index is 0. The molecular weight excluding hydrogens is 1330 g/mol. The Bertz CT molecular complexity index is 5620. The van der Waals surface area contributed by atoms with Gasteiger partial charge in [-0.05, 0) is 214 Å². The zero-order chi connectivity index (χ0) is 71.2. The Labute approximate surface area is 614 Å². The van der Waals surface area contributed by atoms with Crippen LogP contribution in [0.1, 0.15) is 121 Å². The second-order valence-electron chi connectivity index (χ2n) is 29.9. The van der Waals surface area contributed by atoms with Crippen molar-refractivity contribution < 1.29 is 18.9 Å². The summed E-state index contributed by atoms with van der Waals surface area (Å²) in [7, 11) is 0. The van der Waals surface area contributed by atoms with Gasteiger partial charge in [-0.15, -0.1) is 0 Å². The van der Waals surface area contributed by atoms with Gasteiger partial charge < -0.3 is 23.8 Å². The maximum atomic E-state index is 12.1. The number of benzene rings is 8. The zero-order valence-corrected chi connectivity index (χ0v) is 59.5. The average Bonchev–Trinajstić information content (AvgIpc) is 0.766. The molecule has 1 saturated carbocycles. The van der Waals surface area contributed by atoms with E-state index < -0.39 is 0 Å². The Morgan fingerprint density at radius 1 is 0.406 bits per heavy atom. The zero-order valence-electron chi connectivity index (χ0n) is 59.5. The fourth-order valence-electron chi connectivity index (χ4n) is 16.6. The highest BCUT2D eigenvalue weighted by molar-refractivity contribution is 6.05. The highest BCUT2D eigenvalue weighted by Crippen LogP contribution is 2.49. The topological polar surface area (TPSA) is 230 Å². The maximum Gasteiger partial charge on any atom is 0.272 e. The molecule has 3 saturated heterocycles. The van der Waals surface area contributed by atoms with Gasteiger partial charge in [0, 0.05) is 61.5 Å². The SMILES string of the molecule is C.C=C1CCN(Cc2ccc3c(c2)-c2n[nH]c(=O)c4cccc(c24)O3)CC1.CC1CCC(CCc2ccc3c(c2)-c2n[nH]c(=O)c4cccc(c24)O3)CC1.CC1CN(Cc2ccc3c(c2)-c2n[nH]c(=O)c4cccc(c24)O3)C1.O=c1[nH]nc2c3c(cccc13)Oc1ccc(CCCCN3CCCCC3)cc1-2. The van der Waals surface area contributed by atoms with Crippen LogP contribution in [0, 0.1) is 17.8 Å². The summed E-state index contributed by atoms with van der Waals surface area (Å²) in [6, 6.07) is 47.4. The molecule has 8 aliphatic rings. The van der Waals surface area contributed by atoms with E-state index in [9.17, 15) is 19.2 Å². The molecule has 4 aromatic heterocycles. The van der Waals surface area contributed by atoms with Gasteiger partial charge >= 0.3 is 0 Å². The highest BCUT2D eigenvalue weighted by Gasteiger charge is 2.30. The summed E-state index contributed by atoms with van der Waals surface area (Å²) in [4.78, 5) is 55.9. The maximum absolute atomic E-state index is 12.1. The summed E-state index contributed by atoms with van der Waals surface area (Å²) in [6.45, 7) is 18.7. The lowest BCUT2D eigenvalue weighted by Crippen LogP contribution is -2.44. The average molecular weight is 1420 g/mol. The first-order valence-electron chi connectivity index (χ1n) is 37.5. The molecule has 12 aromatic rings. The van der Waals surface area contributed by atoms with Crippen molar-refractivity contribution >= 4 is 43.1 Å². The van der Waals surface area contributed by atoms with E-state index in [0.29, 0.717) is 44.5 Å². The molecule has 19 heteroatoms. The fourth-order valence-corrected chi connectivity index (χ4v) is 16.6. The molecule has 19 nitrogen and oxygen atoms in total. The van der Waals surface area contributed by atoms with E-state index in [-0.39, 0.29) is 29.7 Å². The van der Waals surface area contributed by atoms with E-state index >= 15 is 0 Å². The summed E-state index contributed by atoms with van der Waals surface area (Å²) in [5.41, 5.74) is 12.7. The molecule has 0 atom stereocenters. The van der Waals surface area contributed by atoms with Crippen LogP contribution in [0.4, 0.5) is 0 Å². The van der Waals surface area contributed by atoms with Crippen LogP contribution in [0.15, 0.2) is 177 Å². The molecule has 4 fully saturated rings. The van der Waals surface area contributed by atoms with E-state index in [1.165, 1.54) is 112 Å². The lowest BCUT2D eigenvalue weighted by atomic mass is 9.80. The monoisotopic (exact) mass is 1420 g/mol. The number of aromatic amines is 4. The summed E-state index contributed by atoms with van der Waals surface area (Å²) in [5.74, 6) is 8.51. The Kier molecular flexibility index (Phi) is 19.6. The number of piperidine rings is 2. The predicted octanol–water partition coefficient (Wildman–Crippen LogP) is 17.6. The van der Waals surface area contributed by atoms with E-state index in [0.717, 1.165) is 172 Å². The Hall–Kier alpha value is -10.9. The molecular formula is C87H89N11O8. The van der Waals surface area contributed by atoms with E-state index in [1.807, 2.05) is 97.1 Å². The fraction of sp³-hybridized carbons (Fsp3) is 0.333. The number of nitrogens with one attached hydrogen (secondary N) is 4. The van der Waals surface area contributed by atoms with Gasteiger partial charge in [-0.1, -0.05) is 114 Å². The van der Waals surface area contributed by atoms with Gasteiger partial charge in [-0.25, -0.2) is 20.4 Å². The molecule has 0 spiro atoms. The van der Waals surface area contributed by atoms with Crippen LogP contribution in [0.25, 0.3) is 88.1 Å². The van der Waals surface area contributed by atoms with Crippen molar-refractivity contribution in [2.75, 3.05) is 45.8 Å². The number of ether oxygens (including phenoxy) is 4. The van der Waals surface area contributed by atoms with Gasteiger partial charge in [0.15, 0.2) is 0 Å². The van der Waals surface area contributed by atoms with E-state index in [2.05, 4.69) is 124 Å². The summed E-state index contributed by atoms with van der Waals surface area (Å²) < 4.78 is 24.2. The molecule has 11 heterocycles. The highest BCUT2D eigenvalue weighted by atomic mass is 16.5.